The van der Waals surface area contributed by atoms with Gasteiger partial charge >= 0.3 is 0 Å². The fraction of sp³-hybridized carbons (Fsp3) is 0.258. The first-order valence-corrected chi connectivity index (χ1v) is 14.9. The number of allylic oxidation sites excluding steroid dienone is 1. The molecule has 1 atom stereocenters. The molecule has 3 aromatic carbocycles. The highest BCUT2D eigenvalue weighted by Crippen LogP contribution is 2.40. The number of hydrogen-bond acceptors (Lipinski definition) is 8. The lowest BCUT2D eigenvalue weighted by molar-refractivity contribution is -0.113. The van der Waals surface area contributed by atoms with E-state index in [2.05, 4.69) is 10.6 Å². The lowest BCUT2D eigenvalue weighted by Crippen LogP contribution is -2.31. The Bertz CT molecular complexity index is 1620. The summed E-state index contributed by atoms with van der Waals surface area (Å²) in [5.74, 6) is 2.58. The highest BCUT2D eigenvalue weighted by atomic mass is 35.5. The third-order valence-electron chi connectivity index (χ3n) is 6.71. The van der Waals surface area contributed by atoms with Gasteiger partial charge in [0.05, 0.1) is 32.1 Å². The van der Waals surface area contributed by atoms with Crippen molar-refractivity contribution in [3.8, 4) is 17.2 Å². The minimum atomic E-state index is -0.604. The van der Waals surface area contributed by atoms with Gasteiger partial charge in [0, 0.05) is 16.5 Å². The highest BCUT2D eigenvalue weighted by molar-refractivity contribution is 7.98. The van der Waals surface area contributed by atoms with Crippen LogP contribution in [-0.4, -0.2) is 41.5 Å². The van der Waals surface area contributed by atoms with E-state index in [1.807, 2.05) is 68.4 Å². The predicted molar refractivity (Wildman–Crippen MR) is 166 cm³/mol. The molecule has 0 bridgehead atoms. The van der Waals surface area contributed by atoms with E-state index in [9.17, 15) is 4.79 Å². The monoisotopic (exact) mass is 605 g/mol. The van der Waals surface area contributed by atoms with Gasteiger partial charge in [0.1, 0.15) is 11.8 Å². The van der Waals surface area contributed by atoms with Crippen molar-refractivity contribution in [1.82, 2.24) is 14.8 Å². The molecule has 1 unspecified atom stereocenters. The highest BCUT2D eigenvalue weighted by Gasteiger charge is 2.35. The molecule has 1 aromatic heterocycles. The van der Waals surface area contributed by atoms with Crippen molar-refractivity contribution >= 4 is 40.9 Å². The normalized spacial score (nSPS) is 14.2. The average molecular weight is 606 g/mol. The first-order valence-electron chi connectivity index (χ1n) is 13.5. The molecular formula is C31H32ClN5O4S. The summed E-state index contributed by atoms with van der Waals surface area (Å²) in [6, 6.07) is 20.0. The van der Waals surface area contributed by atoms with Crippen molar-refractivity contribution < 1.29 is 19.0 Å². The van der Waals surface area contributed by atoms with Gasteiger partial charge in [-0.1, -0.05) is 66.7 Å². The number of benzene rings is 3. The second-order valence-corrected chi connectivity index (χ2v) is 10.9. The number of methoxy groups -OCH3 is 2. The lowest BCUT2D eigenvalue weighted by atomic mass is 9.94. The number of para-hydroxylation sites is 2. The van der Waals surface area contributed by atoms with Crippen molar-refractivity contribution in [1.29, 1.82) is 0 Å². The summed E-state index contributed by atoms with van der Waals surface area (Å²) >= 11 is 7.84. The molecule has 2 N–H and O–H groups in total. The maximum absolute atomic E-state index is 14.0. The number of amides is 1. The van der Waals surface area contributed by atoms with E-state index in [0.29, 0.717) is 62.7 Å². The summed E-state index contributed by atoms with van der Waals surface area (Å²) in [7, 11) is 3.17. The second-order valence-electron chi connectivity index (χ2n) is 9.52. The number of anilines is 2. The molecule has 2 heterocycles. The van der Waals surface area contributed by atoms with Crippen LogP contribution < -0.4 is 24.8 Å². The fourth-order valence-electron chi connectivity index (χ4n) is 4.68. The van der Waals surface area contributed by atoms with E-state index in [-0.39, 0.29) is 5.91 Å². The van der Waals surface area contributed by atoms with Crippen molar-refractivity contribution in [2.24, 2.45) is 0 Å². The number of carbonyl (C=O) groups is 1. The molecule has 0 saturated heterocycles. The van der Waals surface area contributed by atoms with Gasteiger partial charge in [-0.15, -0.1) is 5.10 Å². The molecular weight excluding hydrogens is 574 g/mol. The predicted octanol–water partition coefficient (Wildman–Crippen LogP) is 6.96. The standard InChI is InChI=1S/C31H32ClN5O4S/c1-5-16-41-25-15-14-20(17-26(25)40-4)28-27(29(38)34-23-12-8-9-13-24(23)39-3)19(2)33-30-35-31(36-37(28)30)42-18-21-10-6-7-11-22(21)32/h6-15,17,28H,5,16,18H2,1-4H3,(H,34,38)(H,33,35,36). The topological polar surface area (TPSA) is 99.5 Å². The summed E-state index contributed by atoms with van der Waals surface area (Å²) in [6.07, 6.45) is 0.866. The van der Waals surface area contributed by atoms with Gasteiger partial charge in [-0.2, -0.15) is 4.98 Å². The van der Waals surface area contributed by atoms with Crippen LogP contribution in [0.4, 0.5) is 11.6 Å². The zero-order valence-corrected chi connectivity index (χ0v) is 25.4. The van der Waals surface area contributed by atoms with Gasteiger partial charge in [-0.25, -0.2) is 4.68 Å². The number of rotatable bonds is 11. The van der Waals surface area contributed by atoms with Gasteiger partial charge in [0.2, 0.25) is 11.1 Å². The number of nitrogens with one attached hydrogen (secondary N) is 2. The number of halogens is 1. The van der Waals surface area contributed by atoms with Crippen LogP contribution in [0.15, 0.2) is 83.2 Å². The quantitative estimate of drug-likeness (QED) is 0.177. The lowest BCUT2D eigenvalue weighted by Gasteiger charge is -2.29. The average Bonchev–Trinajstić information content (AvgIpc) is 3.41. The second kappa shape index (κ2) is 13.2. The van der Waals surface area contributed by atoms with Crippen LogP contribution >= 0.6 is 23.4 Å². The third kappa shape index (κ3) is 6.19. The molecule has 42 heavy (non-hydrogen) atoms. The number of hydrogen-bond donors (Lipinski definition) is 2. The molecule has 218 valence electrons. The molecule has 11 heteroatoms. The number of ether oxygens (including phenoxy) is 3. The molecule has 5 rings (SSSR count). The molecule has 0 fully saturated rings. The summed E-state index contributed by atoms with van der Waals surface area (Å²) in [5.41, 5.74) is 3.46. The number of nitrogens with zero attached hydrogens (tertiary/aromatic N) is 3. The Balaban J connectivity index is 1.54. The van der Waals surface area contributed by atoms with E-state index in [0.717, 1.165) is 17.5 Å². The van der Waals surface area contributed by atoms with Gasteiger partial charge in [-0.05, 0) is 54.8 Å². The minimum Gasteiger partial charge on any atom is -0.495 e. The number of aromatic nitrogens is 3. The Hall–Kier alpha value is -4.15. The summed E-state index contributed by atoms with van der Waals surface area (Å²) in [6.45, 7) is 4.46. The third-order valence-corrected chi connectivity index (χ3v) is 7.97. The number of fused-ring (bicyclic) bond motifs is 1. The van der Waals surface area contributed by atoms with Crippen LogP contribution in [0, 0.1) is 0 Å². The molecule has 0 spiro atoms. The van der Waals surface area contributed by atoms with Crippen molar-refractivity contribution in [3.63, 3.8) is 0 Å². The molecule has 0 radical (unpaired) electrons. The van der Waals surface area contributed by atoms with Gasteiger partial charge in [0.25, 0.3) is 5.91 Å². The molecule has 9 nitrogen and oxygen atoms in total. The fourth-order valence-corrected chi connectivity index (χ4v) is 5.79. The maximum atomic E-state index is 14.0. The van der Waals surface area contributed by atoms with Crippen LogP contribution in [0.2, 0.25) is 5.02 Å². The van der Waals surface area contributed by atoms with Gasteiger partial charge in [0.15, 0.2) is 11.5 Å². The maximum Gasteiger partial charge on any atom is 0.255 e. The van der Waals surface area contributed by atoms with E-state index in [1.165, 1.54) is 11.8 Å². The first kappa shape index (κ1) is 29.3. The van der Waals surface area contributed by atoms with Gasteiger partial charge in [-0.3, -0.25) is 4.79 Å². The number of thioether (sulfide) groups is 1. The molecule has 1 aliphatic heterocycles. The molecule has 0 saturated carbocycles. The van der Waals surface area contributed by atoms with Gasteiger partial charge < -0.3 is 24.8 Å². The Kier molecular flexibility index (Phi) is 9.24. The van der Waals surface area contributed by atoms with Crippen LogP contribution in [-0.2, 0) is 10.5 Å². The zero-order valence-electron chi connectivity index (χ0n) is 23.8. The Morgan fingerprint density at radius 2 is 1.81 bits per heavy atom. The van der Waals surface area contributed by atoms with Crippen molar-refractivity contribution in [3.05, 3.63) is 94.1 Å². The first-order chi connectivity index (χ1) is 20.4. The van der Waals surface area contributed by atoms with E-state index >= 15 is 0 Å². The van der Waals surface area contributed by atoms with E-state index in [1.54, 1.807) is 31.0 Å². The van der Waals surface area contributed by atoms with E-state index < -0.39 is 6.04 Å². The SMILES string of the molecule is CCCOc1ccc(C2C(C(=O)Nc3ccccc3OC)=C(C)Nc3nc(SCc4ccccc4Cl)nn32)cc1OC. The Morgan fingerprint density at radius 3 is 2.57 bits per heavy atom. The van der Waals surface area contributed by atoms with Crippen molar-refractivity contribution in [2.45, 2.75) is 37.2 Å². The van der Waals surface area contributed by atoms with Crippen LogP contribution in [0.25, 0.3) is 0 Å². The Morgan fingerprint density at radius 1 is 1.05 bits per heavy atom. The molecule has 4 aromatic rings. The summed E-state index contributed by atoms with van der Waals surface area (Å²) in [4.78, 5) is 18.7. The van der Waals surface area contributed by atoms with E-state index in [4.69, 9.17) is 35.9 Å². The summed E-state index contributed by atoms with van der Waals surface area (Å²) < 4.78 is 18.8. The largest absolute Gasteiger partial charge is 0.495 e. The Labute approximate surface area is 254 Å². The molecule has 1 amide bonds. The van der Waals surface area contributed by atoms with Crippen molar-refractivity contribution in [2.75, 3.05) is 31.5 Å². The molecule has 1 aliphatic rings. The zero-order chi connectivity index (χ0) is 29.6. The summed E-state index contributed by atoms with van der Waals surface area (Å²) in [5, 5.41) is 12.4. The smallest absolute Gasteiger partial charge is 0.255 e. The molecule has 0 aliphatic carbocycles. The van der Waals surface area contributed by atoms with Crippen LogP contribution in [0.1, 0.15) is 37.4 Å². The van der Waals surface area contributed by atoms with Crippen LogP contribution in [0.5, 0.6) is 17.2 Å². The minimum absolute atomic E-state index is 0.300. The number of carbonyl (C=O) groups excluding carboxylic acids is 1. The van der Waals surface area contributed by atoms with Crippen LogP contribution in [0.3, 0.4) is 0 Å².